The Kier molecular flexibility index (Phi) is 6.12. The molecule has 1 fully saturated rings. The predicted molar refractivity (Wildman–Crippen MR) is 83.7 cm³/mol. The summed E-state index contributed by atoms with van der Waals surface area (Å²) >= 11 is 0. The second kappa shape index (κ2) is 7.88. The minimum absolute atomic E-state index is 0.0918. The number of halogens is 1. The van der Waals surface area contributed by atoms with Crippen LogP contribution in [-0.4, -0.2) is 27.0 Å². The van der Waals surface area contributed by atoms with Crippen LogP contribution in [0.4, 0.5) is 4.39 Å². The van der Waals surface area contributed by atoms with Crippen molar-refractivity contribution in [3.05, 3.63) is 30.1 Å². The maximum Gasteiger partial charge on any atom is 0.323 e. The van der Waals surface area contributed by atoms with Crippen LogP contribution in [0.3, 0.4) is 0 Å². The van der Waals surface area contributed by atoms with Crippen molar-refractivity contribution in [1.29, 1.82) is 0 Å². The van der Waals surface area contributed by atoms with E-state index in [-0.39, 0.29) is 4.90 Å². The summed E-state index contributed by atoms with van der Waals surface area (Å²) in [5.41, 5.74) is 0. The van der Waals surface area contributed by atoms with Gasteiger partial charge in [-0.05, 0) is 49.9 Å². The van der Waals surface area contributed by atoms with Gasteiger partial charge < -0.3 is 4.74 Å². The monoisotopic (exact) mass is 343 g/mol. The molecule has 1 aromatic carbocycles. The summed E-state index contributed by atoms with van der Waals surface area (Å²) in [6, 6.07) is 3.42. The molecule has 23 heavy (non-hydrogen) atoms. The number of hydrogen-bond donors (Lipinski definition) is 1. The highest BCUT2D eigenvalue weighted by Crippen LogP contribution is 2.23. The summed E-state index contributed by atoms with van der Waals surface area (Å²) in [4.78, 5) is 11.8. The Hall–Kier alpha value is -1.47. The molecule has 1 N–H and O–H groups in total. The lowest BCUT2D eigenvalue weighted by molar-refractivity contribution is -0.146. The van der Waals surface area contributed by atoms with Crippen LogP contribution in [0, 0.1) is 11.7 Å². The lowest BCUT2D eigenvalue weighted by Gasteiger charge is -2.22. The number of rotatable bonds is 6. The van der Waals surface area contributed by atoms with Gasteiger partial charge in [-0.1, -0.05) is 19.3 Å². The van der Waals surface area contributed by atoms with E-state index in [9.17, 15) is 17.6 Å². The Bertz CT molecular complexity index is 624. The number of carbonyl (C=O) groups is 1. The van der Waals surface area contributed by atoms with Gasteiger partial charge >= 0.3 is 5.97 Å². The van der Waals surface area contributed by atoms with Crippen molar-refractivity contribution in [3.8, 4) is 0 Å². The molecule has 1 saturated carbocycles. The van der Waals surface area contributed by atoms with E-state index in [1.807, 2.05) is 0 Å². The Morgan fingerprint density at radius 3 is 2.48 bits per heavy atom. The average molecular weight is 343 g/mol. The molecule has 1 aliphatic rings. The minimum Gasteiger partial charge on any atom is -0.464 e. The number of sulfonamides is 1. The van der Waals surface area contributed by atoms with Gasteiger partial charge in [0.05, 0.1) is 11.5 Å². The van der Waals surface area contributed by atoms with Crippen LogP contribution in [0.2, 0.25) is 0 Å². The molecule has 1 unspecified atom stereocenters. The largest absolute Gasteiger partial charge is 0.464 e. The lowest BCUT2D eigenvalue weighted by Crippen LogP contribution is -2.40. The molecule has 1 aromatic rings. The normalized spacial score (nSPS) is 17.7. The standard InChI is InChI=1S/C16H22FNO4S/c1-12(16(19)22-11-13-5-3-2-4-6-13)18-23(20,21)15-9-7-14(17)8-10-15/h7-10,12-13,18H,2-6,11H2,1H3. The van der Waals surface area contributed by atoms with Crippen LogP contribution in [0.5, 0.6) is 0 Å². The van der Waals surface area contributed by atoms with Gasteiger partial charge in [-0.25, -0.2) is 12.8 Å². The van der Waals surface area contributed by atoms with Gasteiger partial charge in [0.1, 0.15) is 11.9 Å². The summed E-state index contributed by atoms with van der Waals surface area (Å²) < 4.78 is 44.6. The topological polar surface area (TPSA) is 72.5 Å². The van der Waals surface area contributed by atoms with Gasteiger partial charge in [0.2, 0.25) is 10.0 Å². The molecule has 0 bridgehead atoms. The molecule has 0 saturated heterocycles. The first-order valence-electron chi connectivity index (χ1n) is 7.83. The Balaban J connectivity index is 1.87. The van der Waals surface area contributed by atoms with E-state index in [0.29, 0.717) is 12.5 Å². The summed E-state index contributed by atoms with van der Waals surface area (Å²) in [5, 5.41) is 0. The second-order valence-electron chi connectivity index (χ2n) is 5.93. The predicted octanol–water partition coefficient (Wildman–Crippen LogP) is 2.62. The quantitative estimate of drug-likeness (QED) is 0.806. The third-order valence-electron chi connectivity index (χ3n) is 4.00. The summed E-state index contributed by atoms with van der Waals surface area (Å²) in [7, 11) is -3.88. The molecular weight excluding hydrogens is 321 g/mol. The molecule has 7 heteroatoms. The maximum atomic E-state index is 12.9. The fourth-order valence-electron chi connectivity index (χ4n) is 2.64. The molecule has 1 aliphatic carbocycles. The second-order valence-corrected chi connectivity index (χ2v) is 7.64. The SMILES string of the molecule is CC(NS(=O)(=O)c1ccc(F)cc1)C(=O)OCC1CCCCC1. The zero-order valence-electron chi connectivity index (χ0n) is 13.1. The smallest absolute Gasteiger partial charge is 0.323 e. The van der Waals surface area contributed by atoms with Crippen molar-refractivity contribution < 1.29 is 22.3 Å². The van der Waals surface area contributed by atoms with Gasteiger partial charge in [0.25, 0.3) is 0 Å². The Labute approximate surface area is 136 Å². The molecule has 0 radical (unpaired) electrons. The van der Waals surface area contributed by atoms with Crippen molar-refractivity contribution in [2.24, 2.45) is 5.92 Å². The molecule has 128 valence electrons. The number of hydrogen-bond acceptors (Lipinski definition) is 4. The molecule has 0 spiro atoms. The fraction of sp³-hybridized carbons (Fsp3) is 0.562. The molecule has 0 amide bonds. The molecule has 2 rings (SSSR count). The molecule has 0 aromatic heterocycles. The van der Waals surface area contributed by atoms with Crippen molar-refractivity contribution >= 4 is 16.0 Å². The van der Waals surface area contributed by atoms with Crippen LogP contribution in [0.25, 0.3) is 0 Å². The van der Waals surface area contributed by atoms with Crippen molar-refractivity contribution in [3.63, 3.8) is 0 Å². The number of carbonyl (C=O) groups excluding carboxylic acids is 1. The molecule has 1 atom stereocenters. The molecular formula is C16H22FNO4S. The van der Waals surface area contributed by atoms with E-state index in [4.69, 9.17) is 4.74 Å². The lowest BCUT2D eigenvalue weighted by atomic mass is 9.90. The first-order chi connectivity index (χ1) is 10.9. The highest BCUT2D eigenvalue weighted by molar-refractivity contribution is 7.89. The summed E-state index contributed by atoms with van der Waals surface area (Å²) in [5.74, 6) is -0.751. The van der Waals surface area contributed by atoms with Crippen molar-refractivity contribution in [1.82, 2.24) is 4.72 Å². The van der Waals surface area contributed by atoms with E-state index in [0.717, 1.165) is 49.9 Å². The highest BCUT2D eigenvalue weighted by Gasteiger charge is 2.24. The number of nitrogens with one attached hydrogen (secondary N) is 1. The van der Waals surface area contributed by atoms with Gasteiger partial charge in [0.15, 0.2) is 0 Å². The van der Waals surface area contributed by atoms with Gasteiger partial charge in [-0.2, -0.15) is 4.72 Å². The van der Waals surface area contributed by atoms with Gasteiger partial charge in [-0.3, -0.25) is 4.79 Å². The van der Waals surface area contributed by atoms with Crippen LogP contribution in [0.15, 0.2) is 29.2 Å². The first-order valence-corrected chi connectivity index (χ1v) is 9.31. The summed E-state index contributed by atoms with van der Waals surface area (Å²) in [6.07, 6.45) is 5.61. The third kappa shape index (κ3) is 5.28. The number of benzene rings is 1. The zero-order valence-corrected chi connectivity index (χ0v) is 13.9. The van der Waals surface area contributed by atoms with E-state index >= 15 is 0 Å². The van der Waals surface area contributed by atoms with Crippen molar-refractivity contribution in [2.45, 2.75) is 50.0 Å². The van der Waals surface area contributed by atoms with E-state index in [2.05, 4.69) is 4.72 Å². The summed E-state index contributed by atoms with van der Waals surface area (Å²) in [6.45, 7) is 1.77. The zero-order chi connectivity index (χ0) is 16.9. The molecule has 0 heterocycles. The number of esters is 1. The van der Waals surface area contributed by atoms with Crippen LogP contribution in [-0.2, 0) is 19.6 Å². The van der Waals surface area contributed by atoms with Crippen LogP contribution in [0.1, 0.15) is 39.0 Å². The highest BCUT2D eigenvalue weighted by atomic mass is 32.2. The third-order valence-corrected chi connectivity index (χ3v) is 5.55. The van der Waals surface area contributed by atoms with Crippen LogP contribution < -0.4 is 4.72 Å². The Morgan fingerprint density at radius 2 is 1.87 bits per heavy atom. The van der Waals surface area contributed by atoms with E-state index in [1.54, 1.807) is 0 Å². The van der Waals surface area contributed by atoms with Gasteiger partial charge in [0, 0.05) is 0 Å². The maximum absolute atomic E-state index is 12.9. The molecule has 0 aliphatic heterocycles. The van der Waals surface area contributed by atoms with Gasteiger partial charge in [-0.15, -0.1) is 0 Å². The first kappa shape index (κ1) is 17.9. The minimum atomic E-state index is -3.88. The van der Waals surface area contributed by atoms with E-state index < -0.39 is 27.9 Å². The number of ether oxygens (including phenoxy) is 1. The average Bonchev–Trinajstić information content (AvgIpc) is 2.53. The Morgan fingerprint density at radius 1 is 1.26 bits per heavy atom. The van der Waals surface area contributed by atoms with Crippen molar-refractivity contribution in [2.75, 3.05) is 6.61 Å². The van der Waals surface area contributed by atoms with Crippen LogP contribution >= 0.6 is 0 Å². The fourth-order valence-corrected chi connectivity index (χ4v) is 3.83. The van der Waals surface area contributed by atoms with E-state index in [1.165, 1.54) is 13.3 Å². The molecule has 5 nitrogen and oxygen atoms in total.